The predicted molar refractivity (Wildman–Crippen MR) is 122 cm³/mol. The maximum atomic E-state index is 5.56. The molecule has 1 aromatic heterocycles. The van der Waals surface area contributed by atoms with E-state index < -0.39 is 0 Å². The summed E-state index contributed by atoms with van der Waals surface area (Å²) in [7, 11) is 5.88. The maximum Gasteiger partial charge on any atom is 0.185 e. The van der Waals surface area contributed by atoms with Crippen molar-refractivity contribution in [2.45, 2.75) is 25.4 Å². The van der Waals surface area contributed by atoms with E-state index in [2.05, 4.69) is 63.1 Å². The van der Waals surface area contributed by atoms with Gasteiger partial charge in [0.05, 0.1) is 12.8 Å². The van der Waals surface area contributed by atoms with Crippen LogP contribution in [0.2, 0.25) is 0 Å². The molecule has 0 N–H and O–H groups in total. The van der Waals surface area contributed by atoms with E-state index in [0.29, 0.717) is 6.04 Å². The van der Waals surface area contributed by atoms with Crippen molar-refractivity contribution < 1.29 is 4.74 Å². The summed E-state index contributed by atoms with van der Waals surface area (Å²) in [5, 5.41) is 1.10. The number of aromatic nitrogens is 1. The van der Waals surface area contributed by atoms with Gasteiger partial charge in [-0.25, -0.2) is 4.98 Å². The SMILES string of the molecule is COc1ccccc1N1CCN(C2CCCN(Cc3cnc(N(C)C)s3)C2)CC1. The molecule has 3 heterocycles. The molecule has 0 aliphatic carbocycles. The first-order valence-electron chi connectivity index (χ1n) is 10.6. The lowest BCUT2D eigenvalue weighted by Crippen LogP contribution is -2.55. The quantitative estimate of drug-likeness (QED) is 0.722. The lowest BCUT2D eigenvalue weighted by Gasteiger charge is -2.44. The number of benzene rings is 1. The van der Waals surface area contributed by atoms with Gasteiger partial charge in [0.25, 0.3) is 0 Å². The highest BCUT2D eigenvalue weighted by Gasteiger charge is 2.29. The molecular formula is C22H33N5OS. The Labute approximate surface area is 178 Å². The van der Waals surface area contributed by atoms with Crippen LogP contribution >= 0.6 is 11.3 Å². The van der Waals surface area contributed by atoms with E-state index in [4.69, 9.17) is 4.74 Å². The minimum atomic E-state index is 0.671. The predicted octanol–water partition coefficient (Wildman–Crippen LogP) is 3.00. The number of rotatable bonds is 6. The number of anilines is 2. The van der Waals surface area contributed by atoms with Crippen LogP contribution in [0.15, 0.2) is 30.5 Å². The second kappa shape index (κ2) is 9.32. The second-order valence-corrected chi connectivity index (χ2v) is 9.32. The molecule has 0 spiro atoms. The summed E-state index contributed by atoms with van der Waals surface area (Å²) in [6.45, 7) is 7.79. The summed E-state index contributed by atoms with van der Waals surface area (Å²) in [6, 6.07) is 9.05. The second-order valence-electron chi connectivity index (χ2n) is 8.23. The first-order valence-corrected chi connectivity index (χ1v) is 11.4. The summed E-state index contributed by atoms with van der Waals surface area (Å²) in [5.74, 6) is 0.978. The third kappa shape index (κ3) is 4.85. The van der Waals surface area contributed by atoms with Crippen molar-refractivity contribution in [3.05, 3.63) is 35.3 Å². The number of likely N-dealkylation sites (tertiary alicyclic amines) is 1. The van der Waals surface area contributed by atoms with Crippen LogP contribution in [0.1, 0.15) is 17.7 Å². The van der Waals surface area contributed by atoms with Crippen LogP contribution in [0.25, 0.3) is 0 Å². The number of ether oxygens (including phenoxy) is 1. The zero-order valence-corrected chi connectivity index (χ0v) is 18.7. The van der Waals surface area contributed by atoms with Gasteiger partial charge in [0.1, 0.15) is 5.75 Å². The van der Waals surface area contributed by atoms with Gasteiger partial charge in [0.15, 0.2) is 5.13 Å². The third-order valence-electron chi connectivity index (χ3n) is 6.04. The van der Waals surface area contributed by atoms with Crippen LogP contribution in [-0.2, 0) is 6.54 Å². The molecule has 2 aromatic rings. The van der Waals surface area contributed by atoms with E-state index in [1.807, 2.05) is 17.4 Å². The van der Waals surface area contributed by atoms with Gasteiger partial charge in [-0.05, 0) is 31.5 Å². The molecular weight excluding hydrogens is 382 g/mol. The Morgan fingerprint density at radius 3 is 2.66 bits per heavy atom. The average Bonchev–Trinajstić information content (AvgIpc) is 3.23. The van der Waals surface area contributed by atoms with Gasteiger partial charge in [-0.3, -0.25) is 9.80 Å². The fourth-order valence-electron chi connectivity index (χ4n) is 4.49. The van der Waals surface area contributed by atoms with E-state index in [-0.39, 0.29) is 0 Å². The van der Waals surface area contributed by atoms with Crippen molar-refractivity contribution >= 4 is 22.2 Å². The standard InChI is InChI=1S/C22H33N5OS/c1-24(2)22-23-15-19(29-22)17-25-10-6-7-18(16-25)26-11-13-27(14-12-26)20-8-4-5-9-21(20)28-3/h4-5,8-9,15,18H,6-7,10-14,16-17H2,1-3H3. The Balaban J connectivity index is 1.31. The number of piperidine rings is 1. The molecule has 2 aliphatic heterocycles. The van der Waals surface area contributed by atoms with Gasteiger partial charge in [-0.15, -0.1) is 11.3 Å². The van der Waals surface area contributed by atoms with E-state index in [9.17, 15) is 0 Å². The monoisotopic (exact) mass is 415 g/mol. The topological polar surface area (TPSA) is 35.1 Å². The highest BCUT2D eigenvalue weighted by Crippen LogP contribution is 2.29. The number of methoxy groups -OCH3 is 1. The van der Waals surface area contributed by atoms with Crippen molar-refractivity contribution in [1.29, 1.82) is 0 Å². The number of thiazole rings is 1. The van der Waals surface area contributed by atoms with Gasteiger partial charge < -0.3 is 14.5 Å². The number of hydrogen-bond donors (Lipinski definition) is 0. The van der Waals surface area contributed by atoms with Crippen LogP contribution in [0.3, 0.4) is 0 Å². The Hall–Kier alpha value is -1.83. The van der Waals surface area contributed by atoms with Crippen molar-refractivity contribution in [2.24, 2.45) is 0 Å². The van der Waals surface area contributed by atoms with Gasteiger partial charge in [0.2, 0.25) is 0 Å². The number of nitrogens with zero attached hydrogens (tertiary/aromatic N) is 5. The molecule has 0 saturated carbocycles. The summed E-state index contributed by atoms with van der Waals surface area (Å²) in [5.41, 5.74) is 1.22. The molecule has 1 atom stereocenters. The number of piperazine rings is 1. The Kier molecular flexibility index (Phi) is 6.57. The summed E-state index contributed by atoms with van der Waals surface area (Å²) >= 11 is 1.81. The highest BCUT2D eigenvalue weighted by molar-refractivity contribution is 7.15. The van der Waals surface area contributed by atoms with E-state index in [1.165, 1.54) is 36.5 Å². The van der Waals surface area contributed by atoms with Crippen LogP contribution in [0.5, 0.6) is 5.75 Å². The van der Waals surface area contributed by atoms with Gasteiger partial charge in [-0.1, -0.05) is 12.1 Å². The summed E-state index contributed by atoms with van der Waals surface area (Å²) < 4.78 is 5.56. The molecule has 6 nitrogen and oxygen atoms in total. The van der Waals surface area contributed by atoms with E-state index in [0.717, 1.165) is 43.6 Å². The van der Waals surface area contributed by atoms with Crippen LogP contribution in [0.4, 0.5) is 10.8 Å². The Morgan fingerprint density at radius 2 is 1.93 bits per heavy atom. The molecule has 2 aliphatic rings. The van der Waals surface area contributed by atoms with Gasteiger partial charge in [0, 0.05) is 70.5 Å². The highest BCUT2D eigenvalue weighted by atomic mass is 32.1. The van der Waals surface area contributed by atoms with Gasteiger partial charge >= 0.3 is 0 Å². The molecule has 0 amide bonds. The molecule has 158 valence electrons. The Bertz CT molecular complexity index is 787. The minimum absolute atomic E-state index is 0.671. The fraction of sp³-hybridized carbons (Fsp3) is 0.591. The lowest BCUT2D eigenvalue weighted by molar-refractivity contribution is 0.0892. The van der Waals surface area contributed by atoms with Crippen molar-refractivity contribution in [3.8, 4) is 5.75 Å². The zero-order valence-electron chi connectivity index (χ0n) is 17.9. The molecule has 4 rings (SSSR count). The smallest absolute Gasteiger partial charge is 0.185 e. The molecule has 0 bridgehead atoms. The molecule has 1 unspecified atom stereocenters. The van der Waals surface area contributed by atoms with Crippen LogP contribution in [0, 0.1) is 0 Å². The number of para-hydroxylation sites is 2. The zero-order chi connectivity index (χ0) is 20.2. The van der Waals surface area contributed by atoms with E-state index >= 15 is 0 Å². The normalized spacial score (nSPS) is 21.3. The molecule has 0 radical (unpaired) electrons. The van der Waals surface area contributed by atoms with Crippen molar-refractivity contribution in [2.75, 3.05) is 70.3 Å². The van der Waals surface area contributed by atoms with Crippen molar-refractivity contribution in [3.63, 3.8) is 0 Å². The fourth-order valence-corrected chi connectivity index (χ4v) is 5.36. The Morgan fingerprint density at radius 1 is 1.14 bits per heavy atom. The summed E-state index contributed by atoms with van der Waals surface area (Å²) in [6.07, 6.45) is 4.66. The van der Waals surface area contributed by atoms with Gasteiger partial charge in [-0.2, -0.15) is 0 Å². The third-order valence-corrected chi connectivity index (χ3v) is 7.19. The molecule has 2 saturated heterocycles. The summed E-state index contributed by atoms with van der Waals surface area (Å²) in [4.78, 5) is 15.8. The first-order chi connectivity index (χ1) is 14.1. The molecule has 7 heteroatoms. The molecule has 1 aromatic carbocycles. The largest absolute Gasteiger partial charge is 0.495 e. The average molecular weight is 416 g/mol. The molecule has 29 heavy (non-hydrogen) atoms. The van der Waals surface area contributed by atoms with E-state index in [1.54, 1.807) is 7.11 Å². The van der Waals surface area contributed by atoms with Crippen molar-refractivity contribution in [1.82, 2.24) is 14.8 Å². The number of hydrogen-bond acceptors (Lipinski definition) is 7. The molecule has 2 fully saturated rings. The lowest BCUT2D eigenvalue weighted by atomic mass is 10.0. The first kappa shape index (κ1) is 20.4. The maximum absolute atomic E-state index is 5.56. The minimum Gasteiger partial charge on any atom is -0.495 e. The van der Waals surface area contributed by atoms with Crippen LogP contribution in [-0.4, -0.2) is 81.3 Å². The van der Waals surface area contributed by atoms with Crippen LogP contribution < -0.4 is 14.5 Å².